The molecule has 1 fully saturated rings. The van der Waals surface area contributed by atoms with E-state index < -0.39 is 0 Å². The molecular weight excluding hydrogens is 180 g/mol. The van der Waals surface area contributed by atoms with Crippen molar-refractivity contribution >= 4 is 0 Å². The van der Waals surface area contributed by atoms with Crippen LogP contribution in [0.5, 0.6) is 0 Å². The third-order valence-electron chi connectivity index (χ3n) is 3.27. The van der Waals surface area contributed by atoms with Crippen molar-refractivity contribution in [3.8, 4) is 0 Å². The first kappa shape index (κ1) is 20.4. The molecule has 0 aliphatic heterocycles. The normalized spacial score (nSPS) is 15.2. The fourth-order valence-corrected chi connectivity index (χ4v) is 1.13. The average Bonchev–Trinajstić information content (AvgIpc) is 3.02. The second-order valence-electron chi connectivity index (χ2n) is 4.51. The molecule has 0 heteroatoms. The van der Waals surface area contributed by atoms with Gasteiger partial charge in [0.15, 0.2) is 0 Å². The van der Waals surface area contributed by atoms with Crippen LogP contribution in [-0.4, -0.2) is 0 Å². The fourth-order valence-electron chi connectivity index (χ4n) is 1.13. The maximum Gasteiger partial charge on any atom is -0.0302 e. The zero-order chi connectivity index (χ0) is 11.6. The zero-order valence-corrected chi connectivity index (χ0v) is 11.6. The highest BCUT2D eigenvalue weighted by Gasteiger charge is 2.37. The largest absolute Gasteiger partial charge is 0.0776 e. The summed E-state index contributed by atoms with van der Waals surface area (Å²) < 4.78 is 0. The minimum absolute atomic E-state index is 0. The minimum Gasteiger partial charge on any atom is -0.0776 e. The van der Waals surface area contributed by atoms with Gasteiger partial charge in [-0.25, -0.2) is 0 Å². The van der Waals surface area contributed by atoms with Gasteiger partial charge in [0.25, 0.3) is 0 Å². The van der Waals surface area contributed by atoms with Crippen LogP contribution in [0, 0.1) is 11.3 Å². The van der Waals surface area contributed by atoms with Gasteiger partial charge in [-0.1, -0.05) is 75.2 Å². The van der Waals surface area contributed by atoms with Crippen molar-refractivity contribution in [2.45, 2.75) is 88.0 Å². The van der Waals surface area contributed by atoms with Gasteiger partial charge in [-0.3, -0.25) is 0 Å². The summed E-state index contributed by atoms with van der Waals surface area (Å²) in [4.78, 5) is 0. The molecule has 0 nitrogen and oxygen atoms in total. The predicted molar refractivity (Wildman–Crippen MR) is 75.5 cm³/mol. The van der Waals surface area contributed by atoms with Crippen LogP contribution >= 0.6 is 0 Å². The van der Waals surface area contributed by atoms with E-state index in [9.17, 15) is 0 Å². The molecule has 0 aromatic carbocycles. The molecule has 1 aliphatic carbocycles. The molecule has 0 aromatic heterocycles. The van der Waals surface area contributed by atoms with Crippen LogP contribution in [0.4, 0.5) is 0 Å². The van der Waals surface area contributed by atoms with Crippen LogP contribution in [0.1, 0.15) is 88.0 Å². The van der Waals surface area contributed by atoms with Gasteiger partial charge in [-0.2, -0.15) is 0 Å². The predicted octanol–water partition coefficient (Wildman–Crippen LogP) is 6.30. The Bertz CT molecular complexity index is 92.6. The van der Waals surface area contributed by atoms with Crippen molar-refractivity contribution < 1.29 is 0 Å². The van der Waals surface area contributed by atoms with Gasteiger partial charge < -0.3 is 0 Å². The third kappa shape index (κ3) is 11.9. The zero-order valence-electron chi connectivity index (χ0n) is 11.6. The molecule has 15 heavy (non-hydrogen) atoms. The Kier molecular flexibility index (Phi) is 16.4. The van der Waals surface area contributed by atoms with Gasteiger partial charge in [-0.15, -0.1) is 0 Å². The van der Waals surface area contributed by atoms with Crippen LogP contribution in [-0.2, 0) is 0 Å². The highest BCUT2D eigenvalue weighted by atomic mass is 14.4. The molecule has 0 N–H and O–H groups in total. The molecule has 1 saturated carbocycles. The quantitative estimate of drug-likeness (QED) is 0.519. The smallest absolute Gasteiger partial charge is 0.0302 e. The Morgan fingerprint density at radius 2 is 1.20 bits per heavy atom. The molecule has 1 aliphatic rings. The first-order chi connectivity index (χ1) is 6.60. The summed E-state index contributed by atoms with van der Waals surface area (Å²) in [5, 5.41) is 0. The number of rotatable bonds is 3. The molecule has 0 amide bonds. The first-order valence-electron chi connectivity index (χ1n) is 6.60. The van der Waals surface area contributed by atoms with Crippen molar-refractivity contribution in [2.24, 2.45) is 11.3 Å². The van der Waals surface area contributed by atoms with Crippen LogP contribution in [0.15, 0.2) is 0 Å². The van der Waals surface area contributed by atoms with Gasteiger partial charge in [0.2, 0.25) is 0 Å². The lowest BCUT2D eigenvalue weighted by Crippen LogP contribution is -1.92. The molecule has 0 spiro atoms. The average molecular weight is 216 g/mol. The molecule has 0 heterocycles. The maximum absolute atomic E-state index is 2.30. The van der Waals surface area contributed by atoms with Crippen molar-refractivity contribution in [3.63, 3.8) is 0 Å². The van der Waals surface area contributed by atoms with Gasteiger partial charge in [0.05, 0.1) is 0 Å². The molecule has 0 aromatic rings. The maximum atomic E-state index is 2.30. The Balaban J connectivity index is -0.000000162. The van der Waals surface area contributed by atoms with Crippen LogP contribution < -0.4 is 0 Å². The second kappa shape index (κ2) is 12.1. The Labute approximate surface area is 99.9 Å². The monoisotopic (exact) mass is 216 g/mol. The van der Waals surface area contributed by atoms with E-state index in [1.165, 1.54) is 32.1 Å². The van der Waals surface area contributed by atoms with E-state index in [0.29, 0.717) is 0 Å². The molecule has 0 bridgehead atoms. The molecule has 1 rings (SSSR count). The second-order valence-corrected chi connectivity index (χ2v) is 4.51. The first-order valence-corrected chi connectivity index (χ1v) is 6.60. The van der Waals surface area contributed by atoms with E-state index in [-0.39, 0.29) is 7.43 Å². The summed E-state index contributed by atoms with van der Waals surface area (Å²) in [6, 6.07) is 0. The van der Waals surface area contributed by atoms with Crippen molar-refractivity contribution in [1.29, 1.82) is 0 Å². The van der Waals surface area contributed by atoms with Crippen LogP contribution in [0.2, 0.25) is 0 Å². The molecule has 0 atom stereocenters. The molecule has 0 radical (unpaired) electrons. The molecule has 0 saturated heterocycles. The summed E-state index contributed by atoms with van der Waals surface area (Å²) in [5.41, 5.74) is 0.833. The van der Waals surface area contributed by atoms with Gasteiger partial charge in [-0.05, 0) is 24.2 Å². The molecular formula is C15H36. The Hall–Kier alpha value is 0. The summed E-state index contributed by atoms with van der Waals surface area (Å²) in [7, 11) is 0. The summed E-state index contributed by atoms with van der Waals surface area (Å²) >= 11 is 0. The standard InChI is InChI=1S/C7H14.C5H12.C2H6.CH4/c1-3-7(4-2)5-6-7;1-4-5(2)3;1-2;/h3-6H2,1-2H3;5H,4H2,1-3H3;1-2H3;1H4. The van der Waals surface area contributed by atoms with Crippen LogP contribution in [0.25, 0.3) is 0 Å². The highest BCUT2D eigenvalue weighted by Crippen LogP contribution is 2.51. The number of hydrogen-bond acceptors (Lipinski definition) is 0. The third-order valence-corrected chi connectivity index (χ3v) is 3.27. The van der Waals surface area contributed by atoms with Crippen molar-refractivity contribution in [2.75, 3.05) is 0 Å². The van der Waals surface area contributed by atoms with Gasteiger partial charge in [0.1, 0.15) is 0 Å². The van der Waals surface area contributed by atoms with E-state index in [2.05, 4.69) is 34.6 Å². The Morgan fingerprint density at radius 3 is 1.20 bits per heavy atom. The lowest BCUT2D eigenvalue weighted by atomic mass is 10.0. The highest BCUT2D eigenvalue weighted by molar-refractivity contribution is 4.89. The molecule has 96 valence electrons. The number of hydrogen-bond donors (Lipinski definition) is 0. The lowest BCUT2D eigenvalue weighted by molar-refractivity contribution is 0.474. The van der Waals surface area contributed by atoms with Crippen molar-refractivity contribution in [3.05, 3.63) is 0 Å². The SMILES string of the molecule is C.CC.CCC(C)C.CCC1(CC)CC1. The van der Waals surface area contributed by atoms with Gasteiger partial charge >= 0.3 is 0 Å². The van der Waals surface area contributed by atoms with E-state index in [4.69, 9.17) is 0 Å². The lowest BCUT2D eigenvalue weighted by Gasteiger charge is -2.04. The van der Waals surface area contributed by atoms with E-state index in [1.807, 2.05) is 13.8 Å². The van der Waals surface area contributed by atoms with Crippen LogP contribution in [0.3, 0.4) is 0 Å². The van der Waals surface area contributed by atoms with E-state index in [0.717, 1.165) is 11.3 Å². The van der Waals surface area contributed by atoms with Crippen molar-refractivity contribution in [1.82, 2.24) is 0 Å². The summed E-state index contributed by atoms with van der Waals surface area (Å²) in [6.07, 6.45) is 7.12. The van der Waals surface area contributed by atoms with E-state index in [1.54, 1.807) is 0 Å². The fraction of sp³-hybridized carbons (Fsp3) is 1.00. The Morgan fingerprint density at radius 1 is 0.933 bits per heavy atom. The van der Waals surface area contributed by atoms with Gasteiger partial charge in [0, 0.05) is 0 Å². The minimum atomic E-state index is 0. The topological polar surface area (TPSA) is 0 Å². The molecule has 0 unspecified atom stereocenters. The summed E-state index contributed by atoms with van der Waals surface area (Å²) in [6.45, 7) is 15.2. The van der Waals surface area contributed by atoms with E-state index >= 15 is 0 Å². The summed E-state index contributed by atoms with van der Waals surface area (Å²) in [5.74, 6) is 0.884.